The zero-order chi connectivity index (χ0) is 16.8. The molecule has 0 aliphatic carbocycles. The molecule has 23 heavy (non-hydrogen) atoms. The second kappa shape index (κ2) is 7.88. The molecule has 2 rings (SSSR count). The van der Waals surface area contributed by atoms with E-state index in [-0.39, 0.29) is 17.8 Å². The highest BCUT2D eigenvalue weighted by Crippen LogP contribution is 2.19. The van der Waals surface area contributed by atoms with Gasteiger partial charge in [0.2, 0.25) is 5.91 Å². The summed E-state index contributed by atoms with van der Waals surface area (Å²) in [5, 5.41) is 3.41. The molecule has 1 amide bonds. The first-order valence-corrected chi connectivity index (χ1v) is 7.71. The van der Waals surface area contributed by atoms with E-state index in [1.165, 1.54) is 6.07 Å². The number of nitrogens with one attached hydrogen (secondary N) is 1. The monoisotopic (exact) mass is 314 g/mol. The fraction of sp³-hybridized carbons (Fsp3) is 0.316. The molecule has 0 heterocycles. The molecule has 122 valence electrons. The van der Waals surface area contributed by atoms with Crippen LogP contribution in [0.1, 0.15) is 29.2 Å². The van der Waals surface area contributed by atoms with Crippen LogP contribution in [0.15, 0.2) is 48.5 Å². The van der Waals surface area contributed by atoms with E-state index < -0.39 is 0 Å². The van der Waals surface area contributed by atoms with Gasteiger partial charge in [0.15, 0.2) is 0 Å². The molecule has 0 aromatic heterocycles. The molecule has 0 bridgehead atoms. The highest BCUT2D eigenvalue weighted by molar-refractivity contribution is 5.76. The largest absolute Gasteiger partial charge is 0.349 e. The van der Waals surface area contributed by atoms with Crippen LogP contribution in [0.2, 0.25) is 0 Å². The summed E-state index contributed by atoms with van der Waals surface area (Å²) in [5.41, 5.74) is 2.70. The smallest absolute Gasteiger partial charge is 0.223 e. The predicted octanol–water partition coefficient (Wildman–Crippen LogP) is 3.44. The maximum absolute atomic E-state index is 13.4. The van der Waals surface area contributed by atoms with Gasteiger partial charge in [-0.05, 0) is 29.7 Å². The number of aryl methyl sites for hydroxylation is 1. The van der Waals surface area contributed by atoms with Crippen molar-refractivity contribution in [2.24, 2.45) is 0 Å². The summed E-state index contributed by atoms with van der Waals surface area (Å²) in [5.74, 6) is -0.127. The van der Waals surface area contributed by atoms with Gasteiger partial charge in [-0.15, -0.1) is 0 Å². The van der Waals surface area contributed by atoms with Crippen molar-refractivity contribution in [3.05, 3.63) is 71.0 Å². The number of carbonyl (C=O) groups excluding carboxylic acids is 1. The van der Waals surface area contributed by atoms with Crippen LogP contribution in [0.5, 0.6) is 0 Å². The molecule has 0 unspecified atom stereocenters. The highest BCUT2D eigenvalue weighted by Gasteiger charge is 2.16. The average Bonchev–Trinajstić information content (AvgIpc) is 2.55. The first-order chi connectivity index (χ1) is 11.0. The minimum atomic E-state index is -0.198. The molecule has 1 atom stereocenters. The molecule has 4 heteroatoms. The van der Waals surface area contributed by atoms with Crippen molar-refractivity contribution in [2.75, 3.05) is 14.1 Å². The van der Waals surface area contributed by atoms with E-state index in [0.29, 0.717) is 18.5 Å². The predicted molar refractivity (Wildman–Crippen MR) is 90.5 cm³/mol. The average molecular weight is 314 g/mol. The van der Waals surface area contributed by atoms with Crippen LogP contribution in [-0.4, -0.2) is 24.9 Å². The number of carbonyl (C=O) groups is 1. The van der Waals surface area contributed by atoms with Crippen molar-refractivity contribution in [3.63, 3.8) is 0 Å². The van der Waals surface area contributed by atoms with Crippen molar-refractivity contribution < 1.29 is 9.18 Å². The molecule has 0 saturated heterocycles. The SMILES string of the molecule is Cc1cc(CN[C@H](CC(=O)N(C)C)c2ccccc2)ccc1F. The number of nitrogens with zero attached hydrogens (tertiary/aromatic N) is 1. The normalized spacial score (nSPS) is 12.0. The Balaban J connectivity index is 2.11. The van der Waals surface area contributed by atoms with Gasteiger partial charge < -0.3 is 10.2 Å². The Morgan fingerprint density at radius 3 is 2.48 bits per heavy atom. The fourth-order valence-electron chi connectivity index (χ4n) is 2.41. The number of hydrogen-bond donors (Lipinski definition) is 1. The summed E-state index contributed by atoms with van der Waals surface area (Å²) in [6.07, 6.45) is 0.386. The van der Waals surface area contributed by atoms with Gasteiger partial charge in [-0.3, -0.25) is 4.79 Å². The summed E-state index contributed by atoms with van der Waals surface area (Å²) in [6, 6.07) is 14.9. The summed E-state index contributed by atoms with van der Waals surface area (Å²) in [6.45, 7) is 2.34. The van der Waals surface area contributed by atoms with E-state index in [2.05, 4.69) is 5.32 Å². The Kier molecular flexibility index (Phi) is 5.88. The Morgan fingerprint density at radius 2 is 1.87 bits per heavy atom. The lowest BCUT2D eigenvalue weighted by molar-refractivity contribution is -0.129. The van der Waals surface area contributed by atoms with Crippen molar-refractivity contribution >= 4 is 5.91 Å². The molecular weight excluding hydrogens is 291 g/mol. The highest BCUT2D eigenvalue weighted by atomic mass is 19.1. The quantitative estimate of drug-likeness (QED) is 0.886. The number of benzene rings is 2. The third kappa shape index (κ3) is 4.89. The van der Waals surface area contributed by atoms with E-state index in [1.54, 1.807) is 32.0 Å². The lowest BCUT2D eigenvalue weighted by Crippen LogP contribution is -2.29. The maximum atomic E-state index is 13.4. The molecule has 3 nitrogen and oxygen atoms in total. The van der Waals surface area contributed by atoms with E-state index in [1.807, 2.05) is 36.4 Å². The van der Waals surface area contributed by atoms with Crippen molar-refractivity contribution in [1.82, 2.24) is 10.2 Å². The van der Waals surface area contributed by atoms with Crippen molar-refractivity contribution in [1.29, 1.82) is 0 Å². The standard InChI is InChI=1S/C19H23FN2O/c1-14-11-15(9-10-17(14)20)13-21-18(12-19(23)22(2)3)16-7-5-4-6-8-16/h4-11,18,21H,12-13H2,1-3H3/t18-/m1/s1. The first-order valence-electron chi connectivity index (χ1n) is 7.71. The van der Waals surface area contributed by atoms with E-state index in [4.69, 9.17) is 0 Å². The second-order valence-electron chi connectivity index (χ2n) is 5.92. The van der Waals surface area contributed by atoms with Crippen molar-refractivity contribution in [2.45, 2.75) is 25.9 Å². The van der Waals surface area contributed by atoms with Crippen LogP contribution in [0.4, 0.5) is 4.39 Å². The topological polar surface area (TPSA) is 32.3 Å². The van der Waals surface area contributed by atoms with Crippen LogP contribution >= 0.6 is 0 Å². The molecule has 0 fully saturated rings. The van der Waals surface area contributed by atoms with Gasteiger partial charge in [0.05, 0.1) is 0 Å². The molecule has 0 aliphatic heterocycles. The number of halogens is 1. The van der Waals surface area contributed by atoms with Gasteiger partial charge in [-0.2, -0.15) is 0 Å². The van der Waals surface area contributed by atoms with E-state index in [0.717, 1.165) is 11.1 Å². The number of rotatable bonds is 6. The maximum Gasteiger partial charge on any atom is 0.223 e. The Labute approximate surface area is 137 Å². The van der Waals surface area contributed by atoms with Gasteiger partial charge in [0.1, 0.15) is 5.82 Å². The summed E-state index contributed by atoms with van der Waals surface area (Å²) in [4.78, 5) is 13.7. The summed E-state index contributed by atoms with van der Waals surface area (Å²) >= 11 is 0. The Morgan fingerprint density at radius 1 is 1.17 bits per heavy atom. The van der Waals surface area contributed by atoms with Gasteiger partial charge in [-0.1, -0.05) is 42.5 Å². The molecule has 0 saturated carbocycles. The third-order valence-corrected chi connectivity index (χ3v) is 3.85. The minimum Gasteiger partial charge on any atom is -0.349 e. The zero-order valence-electron chi connectivity index (χ0n) is 13.8. The lowest BCUT2D eigenvalue weighted by atomic mass is 10.0. The minimum absolute atomic E-state index is 0.0710. The lowest BCUT2D eigenvalue weighted by Gasteiger charge is -2.21. The first kappa shape index (κ1) is 17.2. The third-order valence-electron chi connectivity index (χ3n) is 3.85. The molecule has 0 spiro atoms. The molecule has 2 aromatic carbocycles. The Hall–Kier alpha value is -2.20. The summed E-state index contributed by atoms with van der Waals surface area (Å²) < 4.78 is 13.4. The Bertz CT molecular complexity index is 656. The van der Waals surface area contributed by atoms with Crippen molar-refractivity contribution in [3.8, 4) is 0 Å². The van der Waals surface area contributed by atoms with E-state index in [9.17, 15) is 9.18 Å². The van der Waals surface area contributed by atoms with E-state index >= 15 is 0 Å². The van der Waals surface area contributed by atoms with Crippen LogP contribution < -0.4 is 5.32 Å². The molecule has 0 radical (unpaired) electrons. The van der Waals surface area contributed by atoms with Crippen LogP contribution in [-0.2, 0) is 11.3 Å². The molecular formula is C19H23FN2O. The number of amides is 1. The van der Waals surface area contributed by atoms with Gasteiger partial charge in [-0.25, -0.2) is 4.39 Å². The zero-order valence-corrected chi connectivity index (χ0v) is 13.8. The fourth-order valence-corrected chi connectivity index (χ4v) is 2.41. The van der Waals surface area contributed by atoms with Gasteiger partial charge in [0.25, 0.3) is 0 Å². The molecule has 1 N–H and O–H groups in total. The second-order valence-corrected chi connectivity index (χ2v) is 5.92. The molecule has 2 aromatic rings. The van der Waals surface area contributed by atoms with Gasteiger partial charge in [0, 0.05) is 33.1 Å². The summed E-state index contributed by atoms with van der Waals surface area (Å²) in [7, 11) is 3.52. The van der Waals surface area contributed by atoms with Gasteiger partial charge >= 0.3 is 0 Å². The number of hydrogen-bond acceptors (Lipinski definition) is 2. The van der Waals surface area contributed by atoms with Crippen LogP contribution in [0, 0.1) is 12.7 Å². The van der Waals surface area contributed by atoms with Crippen LogP contribution in [0.3, 0.4) is 0 Å². The molecule has 0 aliphatic rings. The van der Waals surface area contributed by atoms with Crippen LogP contribution in [0.25, 0.3) is 0 Å².